The van der Waals surface area contributed by atoms with E-state index in [1.807, 2.05) is 50.2 Å². The maximum Gasteiger partial charge on any atom is 0.425 e. The lowest BCUT2D eigenvalue weighted by Crippen LogP contribution is -1.89. The van der Waals surface area contributed by atoms with Crippen molar-refractivity contribution in [3.05, 3.63) is 60.2 Å². The molecule has 4 nitrogen and oxygen atoms in total. The number of ether oxygens (including phenoxy) is 1. The van der Waals surface area contributed by atoms with Crippen LogP contribution in [0.25, 0.3) is 0 Å². The topological polar surface area (TPSA) is 60.4 Å². The minimum Gasteiger partial charge on any atom is -0.457 e. The van der Waals surface area contributed by atoms with Gasteiger partial charge >= 0.3 is 10.6 Å². The van der Waals surface area contributed by atoms with Gasteiger partial charge in [0.15, 0.2) is 0 Å². The average Bonchev–Trinajstić information content (AvgIpc) is 2.84. The fourth-order valence-electron chi connectivity index (χ4n) is 3.74. The molecule has 0 saturated carbocycles. The Morgan fingerprint density at radius 1 is 0.600 bits per heavy atom. The average molecular weight is 507 g/mol. The third-order valence-electron chi connectivity index (χ3n) is 5.45. The van der Waals surface area contributed by atoms with Gasteiger partial charge in [0.25, 0.3) is 0 Å². The molecule has 2 rings (SSSR count). The van der Waals surface area contributed by atoms with Crippen LogP contribution in [0.3, 0.4) is 0 Å². The lowest BCUT2D eigenvalue weighted by atomic mass is 10.0. The molecule has 2 aromatic carbocycles. The number of benzene rings is 2. The molecule has 0 aliphatic rings. The Morgan fingerprint density at radius 2 is 1.03 bits per heavy atom. The Bertz CT molecular complexity index is 797. The number of unbranched alkanes of at least 4 members (excludes halogenated alkanes) is 12. The van der Waals surface area contributed by atoms with Gasteiger partial charge in [-0.25, -0.2) is 0 Å². The van der Waals surface area contributed by atoms with Crippen LogP contribution in [0.5, 0.6) is 11.5 Å². The molecule has 5 heteroatoms. The molecular weight excluding hydrogens is 456 g/mol. The van der Waals surface area contributed by atoms with Crippen LogP contribution in [0.1, 0.15) is 117 Å². The van der Waals surface area contributed by atoms with Crippen LogP contribution < -0.4 is 4.74 Å². The van der Waals surface area contributed by atoms with Crippen LogP contribution in [0.4, 0.5) is 0 Å². The van der Waals surface area contributed by atoms with Crippen LogP contribution in [-0.4, -0.2) is 12.6 Å². The third-order valence-corrected chi connectivity index (χ3v) is 5.45. The quantitative estimate of drug-likeness (QED) is 0.213. The van der Waals surface area contributed by atoms with Gasteiger partial charge in [-0.1, -0.05) is 136 Å². The van der Waals surface area contributed by atoms with Crippen LogP contribution in [0.2, 0.25) is 0 Å². The van der Waals surface area contributed by atoms with Gasteiger partial charge in [0, 0.05) is 0 Å². The Labute approximate surface area is 217 Å². The van der Waals surface area contributed by atoms with Gasteiger partial charge in [-0.2, -0.15) is 0 Å². The maximum absolute atomic E-state index is 8.44. The second-order valence-corrected chi connectivity index (χ2v) is 8.67. The predicted octanol–water partition coefficient (Wildman–Crippen LogP) is 9.77. The summed E-state index contributed by atoms with van der Waals surface area (Å²) in [5, 5.41) is 0. The van der Waals surface area contributed by atoms with E-state index in [0.717, 1.165) is 17.9 Å². The number of hydrogen-bond acceptors (Lipinski definition) is 4. The zero-order chi connectivity index (χ0) is 25.3. The molecule has 2 aromatic rings. The molecule has 0 N–H and O–H groups in total. The van der Waals surface area contributed by atoms with Crippen molar-refractivity contribution in [1.29, 1.82) is 0 Å². The monoisotopic (exact) mass is 506 g/mol. The van der Waals surface area contributed by atoms with E-state index in [1.54, 1.807) is 0 Å². The van der Waals surface area contributed by atoms with Crippen LogP contribution in [0.15, 0.2) is 54.6 Å². The number of rotatable bonds is 16. The van der Waals surface area contributed by atoms with Crippen molar-refractivity contribution in [3.8, 4) is 11.5 Å². The Balaban J connectivity index is 0. The zero-order valence-corrected chi connectivity index (χ0v) is 22.5. The molecule has 0 atom stereocenters. The molecule has 0 aromatic heterocycles. The Morgan fingerprint density at radius 3 is 1.51 bits per heavy atom. The van der Waals surface area contributed by atoms with Crippen molar-refractivity contribution in [1.82, 2.24) is 0 Å². The van der Waals surface area contributed by atoms with E-state index in [-0.39, 0.29) is 7.43 Å². The molecule has 0 fully saturated rings. The molecule has 0 bridgehead atoms. The summed E-state index contributed by atoms with van der Waals surface area (Å²) in [6.45, 7) is 6.29. The van der Waals surface area contributed by atoms with Crippen LogP contribution in [0, 0.1) is 0 Å². The summed E-state index contributed by atoms with van der Waals surface area (Å²) in [6.07, 6.45) is 19.5. The first-order valence-electron chi connectivity index (χ1n) is 13.2. The number of para-hydroxylation sites is 1. The van der Waals surface area contributed by atoms with Gasteiger partial charge in [0.1, 0.15) is 11.5 Å². The molecular formula is C30H50O4S. The molecule has 0 aliphatic heterocycles. The van der Waals surface area contributed by atoms with Crippen LogP contribution >= 0.6 is 0 Å². The summed E-state index contributed by atoms with van der Waals surface area (Å²) in [4.78, 5) is 0. The normalized spacial score (nSPS) is 9.57. The highest BCUT2D eigenvalue weighted by atomic mass is 32.2. The summed E-state index contributed by atoms with van der Waals surface area (Å²) in [5.41, 5.74) is 1.39. The van der Waals surface area contributed by atoms with E-state index in [4.69, 9.17) is 17.4 Å². The van der Waals surface area contributed by atoms with Gasteiger partial charge < -0.3 is 4.74 Å². The zero-order valence-electron chi connectivity index (χ0n) is 21.6. The van der Waals surface area contributed by atoms with Gasteiger partial charge in [-0.15, -0.1) is 12.6 Å². The molecule has 0 heterocycles. The summed E-state index contributed by atoms with van der Waals surface area (Å²) in [6, 6.07) is 18.6. The lowest BCUT2D eigenvalue weighted by molar-refractivity contribution is 0.481. The van der Waals surface area contributed by atoms with E-state index in [1.165, 1.54) is 89.0 Å². The Kier molecular flexibility index (Phi) is 26.5. The minimum atomic E-state index is -3.11. The van der Waals surface area contributed by atoms with Gasteiger partial charge in [0.05, 0.1) is 0 Å². The van der Waals surface area contributed by atoms with Crippen molar-refractivity contribution in [2.75, 3.05) is 0 Å². The number of hydrogen-bond donors (Lipinski definition) is 0. The largest absolute Gasteiger partial charge is 0.457 e. The standard InChI is InChI=1S/C27H40O.C2H6.CH4.O3S/c1-2-3-4-5-6-7-8-9-10-11-12-13-15-19-25-20-18-23-27(24-25)28-26-21-16-14-17-22-26;1-2;;1-4(2)3/h14,16-18,20-24H,2-13,15,19H2,1H3;1-2H3;1H4;. The maximum atomic E-state index is 8.44. The molecule has 0 spiro atoms. The molecule has 0 amide bonds. The highest BCUT2D eigenvalue weighted by Gasteiger charge is 2.00. The van der Waals surface area contributed by atoms with Crippen molar-refractivity contribution in [2.45, 2.75) is 118 Å². The van der Waals surface area contributed by atoms with E-state index in [9.17, 15) is 0 Å². The third kappa shape index (κ3) is 23.4. The lowest BCUT2D eigenvalue weighted by Gasteiger charge is -2.08. The second kappa shape index (κ2) is 26.5. The first-order chi connectivity index (χ1) is 16.6. The van der Waals surface area contributed by atoms with Crippen LogP contribution in [-0.2, 0) is 17.0 Å². The summed E-state index contributed by atoms with van der Waals surface area (Å²) >= 11 is 0. The minimum absolute atomic E-state index is 0. The molecule has 200 valence electrons. The van der Waals surface area contributed by atoms with Crippen molar-refractivity contribution in [3.63, 3.8) is 0 Å². The van der Waals surface area contributed by atoms with Gasteiger partial charge in [0.2, 0.25) is 0 Å². The number of aryl methyl sites for hydroxylation is 1. The van der Waals surface area contributed by atoms with Gasteiger partial charge in [-0.3, -0.25) is 0 Å². The fourth-order valence-corrected chi connectivity index (χ4v) is 3.74. The van der Waals surface area contributed by atoms with E-state index >= 15 is 0 Å². The highest BCUT2D eigenvalue weighted by Crippen LogP contribution is 2.22. The Hall–Kier alpha value is -2.14. The molecule has 0 saturated heterocycles. The smallest absolute Gasteiger partial charge is 0.425 e. The molecule has 35 heavy (non-hydrogen) atoms. The molecule has 0 radical (unpaired) electrons. The SMILES string of the molecule is C.CC.CCCCCCCCCCCCCCCc1cccc(Oc2ccccc2)c1.O=S(=O)=O. The first-order valence-corrected chi connectivity index (χ1v) is 14.2. The van der Waals surface area contributed by atoms with Gasteiger partial charge in [-0.05, 0) is 42.7 Å². The van der Waals surface area contributed by atoms with Crippen molar-refractivity contribution >= 4 is 10.6 Å². The van der Waals surface area contributed by atoms with E-state index in [0.29, 0.717) is 0 Å². The summed E-state index contributed by atoms with van der Waals surface area (Å²) < 4.78 is 31.3. The fraction of sp³-hybridized carbons (Fsp3) is 0.600. The highest BCUT2D eigenvalue weighted by molar-refractivity contribution is 7.59. The molecule has 0 unspecified atom stereocenters. The van der Waals surface area contributed by atoms with E-state index in [2.05, 4.69) is 25.1 Å². The van der Waals surface area contributed by atoms with Crippen molar-refractivity contribution < 1.29 is 17.4 Å². The molecule has 0 aliphatic carbocycles. The summed E-state index contributed by atoms with van der Waals surface area (Å²) in [7, 11) is -3.11. The summed E-state index contributed by atoms with van der Waals surface area (Å²) in [5.74, 6) is 1.85. The first kappa shape index (κ1) is 35.0. The van der Waals surface area contributed by atoms with Crippen molar-refractivity contribution in [2.24, 2.45) is 0 Å². The second-order valence-electron chi connectivity index (χ2n) is 8.26. The predicted molar refractivity (Wildman–Crippen MR) is 150 cm³/mol. The van der Waals surface area contributed by atoms with E-state index < -0.39 is 10.6 Å².